The van der Waals surface area contributed by atoms with E-state index in [0.717, 1.165) is 25.9 Å². The van der Waals surface area contributed by atoms with Crippen molar-refractivity contribution in [2.45, 2.75) is 52.4 Å². The number of urea groups is 1. The maximum Gasteiger partial charge on any atom is 0.317 e. The molecule has 0 aromatic rings. The molecule has 1 saturated heterocycles. The Balaban J connectivity index is 1.85. The highest BCUT2D eigenvalue weighted by atomic mass is 16.4. The first kappa shape index (κ1) is 16.1. The van der Waals surface area contributed by atoms with E-state index in [1.807, 2.05) is 0 Å². The van der Waals surface area contributed by atoms with Crippen molar-refractivity contribution in [2.75, 3.05) is 19.6 Å². The normalized spacial score (nSPS) is 24.1. The van der Waals surface area contributed by atoms with Gasteiger partial charge in [-0.15, -0.1) is 0 Å². The predicted molar refractivity (Wildman–Crippen MR) is 81.1 cm³/mol. The third-order valence-corrected chi connectivity index (χ3v) is 5.30. The molecule has 0 aromatic carbocycles. The summed E-state index contributed by atoms with van der Waals surface area (Å²) in [6.45, 7) is 5.58. The van der Waals surface area contributed by atoms with Crippen LogP contribution < -0.4 is 5.32 Å². The molecule has 120 valence electrons. The Labute approximate surface area is 127 Å². The van der Waals surface area contributed by atoms with E-state index in [0.29, 0.717) is 12.5 Å². The fourth-order valence-corrected chi connectivity index (χ4v) is 3.48. The maximum absolute atomic E-state index is 12.3. The van der Waals surface area contributed by atoms with Crippen LogP contribution >= 0.6 is 0 Å². The van der Waals surface area contributed by atoms with Gasteiger partial charge in [0.15, 0.2) is 0 Å². The second-order valence-electron chi connectivity index (χ2n) is 7.15. The third-order valence-electron chi connectivity index (χ3n) is 5.30. The molecule has 1 aliphatic carbocycles. The molecule has 2 N–H and O–H groups in total. The molecule has 1 atom stereocenters. The number of likely N-dealkylation sites (tertiary alicyclic amines) is 1. The van der Waals surface area contributed by atoms with Crippen molar-refractivity contribution in [1.29, 1.82) is 0 Å². The van der Waals surface area contributed by atoms with Gasteiger partial charge in [0.2, 0.25) is 0 Å². The number of carbonyl (C=O) groups excluding carboxylic acids is 1. The summed E-state index contributed by atoms with van der Waals surface area (Å²) in [5.74, 6) is -0.119. The van der Waals surface area contributed by atoms with E-state index < -0.39 is 11.4 Å². The lowest BCUT2D eigenvalue weighted by molar-refractivity contribution is -0.151. The lowest BCUT2D eigenvalue weighted by Crippen LogP contribution is -2.50. The Hall–Kier alpha value is -1.26. The van der Waals surface area contributed by atoms with Crippen LogP contribution in [0, 0.1) is 17.3 Å². The summed E-state index contributed by atoms with van der Waals surface area (Å²) in [6, 6.07) is -0.0206. The number of aliphatic carboxylic acids is 1. The molecule has 5 heteroatoms. The Morgan fingerprint density at radius 1 is 1.19 bits per heavy atom. The smallest absolute Gasteiger partial charge is 0.317 e. The van der Waals surface area contributed by atoms with Crippen molar-refractivity contribution in [1.82, 2.24) is 10.2 Å². The lowest BCUT2D eigenvalue weighted by Gasteiger charge is -2.39. The number of amides is 2. The van der Waals surface area contributed by atoms with Crippen LogP contribution in [0.15, 0.2) is 0 Å². The van der Waals surface area contributed by atoms with E-state index >= 15 is 0 Å². The number of hydrogen-bond donors (Lipinski definition) is 2. The van der Waals surface area contributed by atoms with Crippen molar-refractivity contribution in [2.24, 2.45) is 17.3 Å². The summed E-state index contributed by atoms with van der Waals surface area (Å²) >= 11 is 0. The van der Waals surface area contributed by atoms with Gasteiger partial charge in [-0.3, -0.25) is 4.79 Å². The molecule has 0 spiro atoms. The van der Waals surface area contributed by atoms with Gasteiger partial charge in [0.25, 0.3) is 0 Å². The molecule has 1 aliphatic heterocycles. The minimum absolute atomic E-state index is 0.0206. The van der Waals surface area contributed by atoms with Crippen LogP contribution in [0.1, 0.15) is 52.4 Å². The van der Waals surface area contributed by atoms with Crippen molar-refractivity contribution < 1.29 is 14.7 Å². The van der Waals surface area contributed by atoms with E-state index in [4.69, 9.17) is 0 Å². The first-order chi connectivity index (χ1) is 9.91. The van der Waals surface area contributed by atoms with Gasteiger partial charge < -0.3 is 15.3 Å². The third kappa shape index (κ3) is 3.89. The van der Waals surface area contributed by atoms with Gasteiger partial charge >= 0.3 is 12.0 Å². The van der Waals surface area contributed by atoms with Gasteiger partial charge in [0.1, 0.15) is 0 Å². The number of carbonyl (C=O) groups is 2. The number of hydrogen-bond acceptors (Lipinski definition) is 2. The van der Waals surface area contributed by atoms with Gasteiger partial charge in [-0.2, -0.15) is 0 Å². The van der Waals surface area contributed by atoms with Crippen LogP contribution in [0.4, 0.5) is 4.79 Å². The maximum atomic E-state index is 12.3. The average molecular weight is 296 g/mol. The molecule has 1 heterocycles. The highest BCUT2D eigenvalue weighted by Gasteiger charge is 2.40. The zero-order valence-electron chi connectivity index (χ0n) is 13.2. The zero-order valence-corrected chi connectivity index (χ0v) is 13.2. The molecule has 0 bridgehead atoms. The molecule has 2 rings (SSSR count). The first-order valence-electron chi connectivity index (χ1n) is 8.17. The minimum Gasteiger partial charge on any atom is -0.481 e. The van der Waals surface area contributed by atoms with E-state index in [2.05, 4.69) is 5.32 Å². The number of rotatable bonds is 4. The van der Waals surface area contributed by atoms with Crippen LogP contribution in [0.25, 0.3) is 0 Å². The summed E-state index contributed by atoms with van der Waals surface area (Å²) in [7, 11) is 0. The summed E-state index contributed by atoms with van der Waals surface area (Å²) in [4.78, 5) is 25.4. The van der Waals surface area contributed by atoms with E-state index in [-0.39, 0.29) is 11.9 Å². The highest BCUT2D eigenvalue weighted by molar-refractivity contribution is 5.76. The highest BCUT2D eigenvalue weighted by Crippen LogP contribution is 2.34. The zero-order chi connectivity index (χ0) is 15.5. The SMILES string of the molecule is CC(C)(C(=O)O)C1CCCN(C(=O)NCC2CCCC2)C1. The Morgan fingerprint density at radius 3 is 2.48 bits per heavy atom. The summed E-state index contributed by atoms with van der Waals surface area (Å²) in [5.41, 5.74) is -0.773. The van der Waals surface area contributed by atoms with Gasteiger partial charge in [-0.25, -0.2) is 4.79 Å². The second kappa shape index (κ2) is 6.67. The fraction of sp³-hybridized carbons (Fsp3) is 0.875. The predicted octanol–water partition coefficient (Wildman–Crippen LogP) is 2.71. The molecule has 5 nitrogen and oxygen atoms in total. The molecule has 21 heavy (non-hydrogen) atoms. The monoisotopic (exact) mass is 296 g/mol. The minimum atomic E-state index is -0.777. The molecule has 1 saturated carbocycles. The fourth-order valence-electron chi connectivity index (χ4n) is 3.48. The van der Waals surface area contributed by atoms with Gasteiger partial charge in [-0.1, -0.05) is 12.8 Å². The molecule has 2 aliphatic rings. The van der Waals surface area contributed by atoms with Crippen molar-refractivity contribution >= 4 is 12.0 Å². The molecule has 0 aromatic heterocycles. The van der Waals surface area contributed by atoms with E-state index in [1.54, 1.807) is 18.7 Å². The molecular weight excluding hydrogens is 268 g/mol. The topological polar surface area (TPSA) is 69.6 Å². The van der Waals surface area contributed by atoms with Crippen LogP contribution in [-0.4, -0.2) is 41.6 Å². The van der Waals surface area contributed by atoms with Gasteiger partial charge in [0, 0.05) is 19.6 Å². The van der Waals surface area contributed by atoms with Crippen LogP contribution in [0.3, 0.4) is 0 Å². The van der Waals surface area contributed by atoms with Gasteiger partial charge in [0.05, 0.1) is 5.41 Å². The standard InChI is InChI=1S/C16H28N2O3/c1-16(2,14(19)20)13-8-5-9-18(11-13)15(21)17-10-12-6-3-4-7-12/h12-13H,3-11H2,1-2H3,(H,17,21)(H,19,20). The van der Waals surface area contributed by atoms with E-state index in [9.17, 15) is 14.7 Å². The summed E-state index contributed by atoms with van der Waals surface area (Å²) in [6.07, 6.45) is 6.76. The van der Waals surface area contributed by atoms with Crippen molar-refractivity contribution in [3.8, 4) is 0 Å². The number of nitrogens with one attached hydrogen (secondary N) is 1. The summed E-state index contributed by atoms with van der Waals surface area (Å²) < 4.78 is 0. The number of carboxylic acid groups (broad SMARTS) is 1. The largest absolute Gasteiger partial charge is 0.481 e. The number of nitrogens with zero attached hydrogens (tertiary/aromatic N) is 1. The van der Waals surface area contributed by atoms with Crippen LogP contribution in [0.2, 0.25) is 0 Å². The quantitative estimate of drug-likeness (QED) is 0.838. The number of carboxylic acids is 1. The molecule has 0 radical (unpaired) electrons. The molecule has 2 amide bonds. The Morgan fingerprint density at radius 2 is 1.86 bits per heavy atom. The summed E-state index contributed by atoms with van der Waals surface area (Å²) in [5, 5.41) is 12.4. The van der Waals surface area contributed by atoms with Crippen LogP contribution in [0.5, 0.6) is 0 Å². The van der Waals surface area contributed by atoms with Gasteiger partial charge in [-0.05, 0) is 51.4 Å². The lowest BCUT2D eigenvalue weighted by atomic mass is 9.74. The van der Waals surface area contributed by atoms with Crippen molar-refractivity contribution in [3.63, 3.8) is 0 Å². The Kier molecular flexibility index (Phi) is 5.12. The van der Waals surface area contributed by atoms with Crippen LogP contribution in [-0.2, 0) is 4.79 Å². The average Bonchev–Trinajstić information content (AvgIpc) is 2.98. The van der Waals surface area contributed by atoms with Crippen molar-refractivity contribution in [3.05, 3.63) is 0 Å². The number of piperidine rings is 1. The molecule has 1 unspecified atom stereocenters. The Bertz CT molecular complexity index is 389. The first-order valence-corrected chi connectivity index (χ1v) is 8.17. The molecular formula is C16H28N2O3. The second-order valence-corrected chi connectivity index (χ2v) is 7.15. The molecule has 2 fully saturated rings. The van der Waals surface area contributed by atoms with E-state index in [1.165, 1.54) is 25.7 Å².